The summed E-state index contributed by atoms with van der Waals surface area (Å²) < 4.78 is 7.04. The van der Waals surface area contributed by atoms with Gasteiger partial charge in [-0.1, -0.05) is 36.2 Å². The van der Waals surface area contributed by atoms with Gasteiger partial charge in [0.1, 0.15) is 11.8 Å². The number of aliphatic hydroxyl groups excluding tert-OH is 1. The maximum atomic E-state index is 10.6. The van der Waals surface area contributed by atoms with Crippen molar-refractivity contribution in [3.8, 4) is 5.75 Å². The predicted molar refractivity (Wildman–Crippen MR) is 84.2 cm³/mol. The average Bonchev–Trinajstić information content (AvgIpc) is 2.86. The highest BCUT2D eigenvalue weighted by molar-refractivity contribution is 6.36. The molecule has 0 amide bonds. The maximum absolute atomic E-state index is 10.6. The topological polar surface area (TPSA) is 47.3 Å². The van der Waals surface area contributed by atoms with E-state index in [1.165, 1.54) is 0 Å². The first-order valence-electron chi connectivity index (χ1n) is 6.79. The van der Waals surface area contributed by atoms with Crippen molar-refractivity contribution in [2.45, 2.75) is 32.4 Å². The van der Waals surface area contributed by atoms with Crippen molar-refractivity contribution in [3.63, 3.8) is 0 Å². The zero-order chi connectivity index (χ0) is 15.4. The van der Waals surface area contributed by atoms with Crippen LogP contribution in [0.3, 0.4) is 0 Å². The van der Waals surface area contributed by atoms with Gasteiger partial charge in [-0.25, -0.2) is 0 Å². The summed E-state index contributed by atoms with van der Waals surface area (Å²) in [6.07, 6.45) is 2.05. The number of aromatic nitrogens is 2. The Bertz CT molecular complexity index is 593. The second kappa shape index (κ2) is 7.16. The number of hydrogen-bond donors (Lipinski definition) is 1. The second-order valence-electron chi connectivity index (χ2n) is 4.74. The maximum Gasteiger partial charge on any atom is 0.162 e. The fourth-order valence-corrected chi connectivity index (χ4v) is 2.83. The molecule has 114 valence electrons. The normalized spacial score (nSPS) is 12.4. The van der Waals surface area contributed by atoms with Crippen molar-refractivity contribution >= 4 is 23.2 Å². The largest absolute Gasteiger partial charge is 0.493 e. The van der Waals surface area contributed by atoms with E-state index >= 15 is 0 Å². The van der Waals surface area contributed by atoms with Gasteiger partial charge >= 0.3 is 0 Å². The molecule has 2 aromatic rings. The van der Waals surface area contributed by atoms with Gasteiger partial charge in [0.25, 0.3) is 0 Å². The van der Waals surface area contributed by atoms with E-state index in [-0.39, 0.29) is 0 Å². The SMILES string of the molecule is CCCn1ncc(OC)c1C(O)Cc1c(Cl)cccc1Cl. The van der Waals surface area contributed by atoms with Crippen LogP contribution in [0.5, 0.6) is 5.75 Å². The summed E-state index contributed by atoms with van der Waals surface area (Å²) in [5.74, 6) is 0.569. The number of methoxy groups -OCH3 is 1. The quantitative estimate of drug-likeness (QED) is 0.875. The van der Waals surface area contributed by atoms with Crippen LogP contribution in [0, 0.1) is 0 Å². The first-order chi connectivity index (χ1) is 10.1. The molecule has 1 heterocycles. The van der Waals surface area contributed by atoms with Crippen LogP contribution >= 0.6 is 23.2 Å². The van der Waals surface area contributed by atoms with E-state index in [2.05, 4.69) is 12.0 Å². The van der Waals surface area contributed by atoms with Gasteiger partial charge in [0.15, 0.2) is 5.75 Å². The number of nitrogens with zero attached hydrogens (tertiary/aromatic N) is 2. The molecule has 0 saturated carbocycles. The molecule has 0 spiro atoms. The van der Waals surface area contributed by atoms with E-state index in [1.807, 2.05) is 0 Å². The molecule has 1 aromatic heterocycles. The number of aryl methyl sites for hydroxylation is 1. The van der Waals surface area contributed by atoms with E-state index in [1.54, 1.807) is 36.2 Å². The van der Waals surface area contributed by atoms with Gasteiger partial charge in [0.2, 0.25) is 0 Å². The standard InChI is InChI=1S/C15H18Cl2N2O2/c1-3-7-19-15(14(21-2)9-18-19)13(20)8-10-11(16)5-4-6-12(10)17/h4-6,9,13,20H,3,7-8H2,1-2H3. The van der Waals surface area contributed by atoms with Crippen LogP contribution in [0.25, 0.3) is 0 Å². The third-order valence-corrected chi connectivity index (χ3v) is 3.98. The minimum Gasteiger partial charge on any atom is -0.493 e. The molecule has 0 aliphatic rings. The molecule has 1 aromatic carbocycles. The molecule has 0 aliphatic heterocycles. The van der Waals surface area contributed by atoms with Crippen LogP contribution in [0.4, 0.5) is 0 Å². The number of aliphatic hydroxyl groups is 1. The number of rotatable bonds is 6. The Morgan fingerprint density at radius 3 is 2.57 bits per heavy atom. The molecule has 1 atom stereocenters. The molecule has 4 nitrogen and oxygen atoms in total. The molecule has 0 aliphatic carbocycles. The van der Waals surface area contributed by atoms with Crippen molar-refractivity contribution < 1.29 is 9.84 Å². The lowest BCUT2D eigenvalue weighted by molar-refractivity contribution is 0.162. The third kappa shape index (κ3) is 3.51. The van der Waals surface area contributed by atoms with Crippen LogP contribution in [0.2, 0.25) is 10.0 Å². The Labute approximate surface area is 134 Å². The molecule has 0 bridgehead atoms. The lowest BCUT2D eigenvalue weighted by atomic mass is 10.0. The van der Waals surface area contributed by atoms with Crippen LogP contribution in [-0.2, 0) is 13.0 Å². The minimum absolute atomic E-state index is 0.310. The fourth-order valence-electron chi connectivity index (χ4n) is 2.28. The number of benzene rings is 1. The summed E-state index contributed by atoms with van der Waals surface area (Å²) in [6, 6.07) is 5.30. The van der Waals surface area contributed by atoms with Crippen LogP contribution < -0.4 is 4.74 Å². The Balaban J connectivity index is 2.31. The van der Waals surface area contributed by atoms with Crippen molar-refractivity contribution in [3.05, 3.63) is 45.7 Å². The monoisotopic (exact) mass is 328 g/mol. The van der Waals surface area contributed by atoms with E-state index in [4.69, 9.17) is 27.9 Å². The summed E-state index contributed by atoms with van der Waals surface area (Å²) >= 11 is 12.3. The summed E-state index contributed by atoms with van der Waals surface area (Å²) in [5, 5.41) is 15.9. The molecule has 1 N–H and O–H groups in total. The molecular weight excluding hydrogens is 311 g/mol. The van der Waals surface area contributed by atoms with E-state index in [0.717, 1.165) is 12.0 Å². The molecule has 0 fully saturated rings. The van der Waals surface area contributed by atoms with Crippen molar-refractivity contribution in [1.29, 1.82) is 0 Å². The Morgan fingerprint density at radius 2 is 2.00 bits per heavy atom. The number of ether oxygens (including phenoxy) is 1. The molecule has 6 heteroatoms. The Kier molecular flexibility index (Phi) is 5.51. The van der Waals surface area contributed by atoms with Gasteiger partial charge < -0.3 is 9.84 Å². The van der Waals surface area contributed by atoms with Crippen molar-refractivity contribution in [2.75, 3.05) is 7.11 Å². The van der Waals surface area contributed by atoms with Gasteiger partial charge in [-0.3, -0.25) is 4.68 Å². The van der Waals surface area contributed by atoms with Gasteiger partial charge in [-0.2, -0.15) is 5.10 Å². The summed E-state index contributed by atoms with van der Waals surface area (Å²) in [4.78, 5) is 0. The van der Waals surface area contributed by atoms with Crippen LogP contribution in [0.1, 0.15) is 30.7 Å². The lowest BCUT2D eigenvalue weighted by Crippen LogP contribution is -2.12. The Morgan fingerprint density at radius 1 is 1.33 bits per heavy atom. The molecule has 0 radical (unpaired) electrons. The third-order valence-electron chi connectivity index (χ3n) is 3.28. The fraction of sp³-hybridized carbons (Fsp3) is 0.400. The van der Waals surface area contributed by atoms with Crippen LogP contribution in [-0.4, -0.2) is 22.0 Å². The van der Waals surface area contributed by atoms with Crippen molar-refractivity contribution in [2.24, 2.45) is 0 Å². The van der Waals surface area contributed by atoms with Gasteiger partial charge in [0, 0.05) is 23.0 Å². The van der Waals surface area contributed by atoms with Crippen molar-refractivity contribution in [1.82, 2.24) is 9.78 Å². The molecule has 0 saturated heterocycles. The number of hydrogen-bond acceptors (Lipinski definition) is 3. The molecule has 1 unspecified atom stereocenters. The lowest BCUT2D eigenvalue weighted by Gasteiger charge is -2.16. The summed E-state index contributed by atoms with van der Waals surface area (Å²) in [7, 11) is 1.56. The van der Waals surface area contributed by atoms with Crippen LogP contribution in [0.15, 0.2) is 24.4 Å². The first kappa shape index (κ1) is 16.1. The zero-order valence-corrected chi connectivity index (χ0v) is 13.5. The predicted octanol–water partition coefficient (Wildman–Crippen LogP) is 3.88. The highest BCUT2D eigenvalue weighted by Crippen LogP contribution is 2.32. The second-order valence-corrected chi connectivity index (χ2v) is 5.56. The minimum atomic E-state index is -0.786. The van der Waals surface area contributed by atoms with E-state index < -0.39 is 6.10 Å². The van der Waals surface area contributed by atoms with E-state index in [9.17, 15) is 5.11 Å². The smallest absolute Gasteiger partial charge is 0.162 e. The highest BCUT2D eigenvalue weighted by atomic mass is 35.5. The molecular formula is C15H18Cl2N2O2. The van der Waals surface area contributed by atoms with Gasteiger partial charge in [-0.15, -0.1) is 0 Å². The van der Waals surface area contributed by atoms with E-state index in [0.29, 0.717) is 34.5 Å². The molecule has 21 heavy (non-hydrogen) atoms. The molecule has 2 rings (SSSR count). The highest BCUT2D eigenvalue weighted by Gasteiger charge is 2.22. The van der Waals surface area contributed by atoms with Gasteiger partial charge in [-0.05, 0) is 24.1 Å². The number of halogens is 2. The average molecular weight is 329 g/mol. The zero-order valence-electron chi connectivity index (χ0n) is 12.0. The summed E-state index contributed by atoms with van der Waals surface area (Å²) in [5.41, 5.74) is 1.37. The Hall–Kier alpha value is -1.23. The first-order valence-corrected chi connectivity index (χ1v) is 7.54. The van der Waals surface area contributed by atoms with Gasteiger partial charge in [0.05, 0.1) is 13.3 Å². The summed E-state index contributed by atoms with van der Waals surface area (Å²) in [6.45, 7) is 2.77.